The number of unbranched alkanes of at least 4 members (excludes halogenated alkanes) is 3. The highest BCUT2D eigenvalue weighted by Crippen LogP contribution is 2.46. The van der Waals surface area contributed by atoms with Gasteiger partial charge in [-0.05, 0) is 75.0 Å². The summed E-state index contributed by atoms with van der Waals surface area (Å²) in [6.45, 7) is 13.9. The van der Waals surface area contributed by atoms with E-state index in [4.69, 9.17) is 0 Å². The van der Waals surface area contributed by atoms with Gasteiger partial charge < -0.3 is 5.32 Å². The standard InChI is InChI=1S/C24H41N/c1-7-9-10-11-17-24(6,16-8-2)20-14-15-22(25-23(3,4)5)21(18-20)19-12-13-19/h14-15,18-19,25H,7-13,16-17H2,1-6H3. The van der Waals surface area contributed by atoms with Gasteiger partial charge in [-0.15, -0.1) is 0 Å². The molecule has 0 bridgehead atoms. The van der Waals surface area contributed by atoms with Crippen molar-refractivity contribution in [2.24, 2.45) is 0 Å². The van der Waals surface area contributed by atoms with Crippen LogP contribution in [0.3, 0.4) is 0 Å². The summed E-state index contributed by atoms with van der Waals surface area (Å²) in [6.07, 6.45) is 12.1. The molecule has 1 fully saturated rings. The Balaban J connectivity index is 2.23. The van der Waals surface area contributed by atoms with Gasteiger partial charge in [0.2, 0.25) is 0 Å². The molecule has 1 nitrogen and oxygen atoms in total. The Bertz CT molecular complexity index is 536. The first-order valence-corrected chi connectivity index (χ1v) is 10.7. The SMILES string of the molecule is CCCCCCC(C)(CCC)c1ccc(NC(C)(C)C)c(C2CC2)c1. The molecule has 0 spiro atoms. The predicted octanol–water partition coefficient (Wildman–Crippen LogP) is 7.80. The highest BCUT2D eigenvalue weighted by atomic mass is 15.0. The van der Waals surface area contributed by atoms with E-state index in [0.29, 0.717) is 5.41 Å². The van der Waals surface area contributed by atoms with E-state index in [9.17, 15) is 0 Å². The summed E-state index contributed by atoms with van der Waals surface area (Å²) in [5.41, 5.74) is 4.98. The van der Waals surface area contributed by atoms with Crippen LogP contribution < -0.4 is 5.32 Å². The van der Waals surface area contributed by atoms with Crippen LogP contribution in [0, 0.1) is 0 Å². The molecule has 1 N–H and O–H groups in total. The van der Waals surface area contributed by atoms with E-state index < -0.39 is 0 Å². The number of rotatable bonds is 10. The molecule has 1 aromatic rings. The molecule has 142 valence electrons. The maximum atomic E-state index is 3.74. The number of anilines is 1. The Morgan fingerprint density at radius 3 is 2.20 bits per heavy atom. The van der Waals surface area contributed by atoms with Crippen LogP contribution in [0.15, 0.2) is 18.2 Å². The Hall–Kier alpha value is -0.980. The van der Waals surface area contributed by atoms with Gasteiger partial charge >= 0.3 is 0 Å². The molecule has 1 unspecified atom stereocenters. The summed E-state index contributed by atoms with van der Waals surface area (Å²) >= 11 is 0. The average Bonchev–Trinajstić information content (AvgIpc) is 3.35. The highest BCUT2D eigenvalue weighted by molar-refractivity contribution is 5.57. The molecule has 1 saturated carbocycles. The predicted molar refractivity (Wildman–Crippen MR) is 113 cm³/mol. The van der Waals surface area contributed by atoms with Gasteiger partial charge in [0, 0.05) is 11.2 Å². The minimum atomic E-state index is 0.123. The van der Waals surface area contributed by atoms with Crippen LogP contribution in [0.25, 0.3) is 0 Å². The first kappa shape index (κ1) is 20.3. The second-order valence-corrected chi connectivity index (χ2v) is 9.57. The molecule has 1 aliphatic carbocycles. The van der Waals surface area contributed by atoms with E-state index in [2.05, 4.69) is 65.1 Å². The molecular weight excluding hydrogens is 302 g/mol. The molecular formula is C24H41N. The lowest BCUT2D eigenvalue weighted by molar-refractivity contribution is 0.377. The zero-order valence-corrected chi connectivity index (χ0v) is 17.7. The van der Waals surface area contributed by atoms with Crippen molar-refractivity contribution in [3.05, 3.63) is 29.3 Å². The molecule has 2 rings (SSSR count). The van der Waals surface area contributed by atoms with Gasteiger partial charge in [-0.3, -0.25) is 0 Å². The van der Waals surface area contributed by atoms with Crippen molar-refractivity contribution in [3.63, 3.8) is 0 Å². The fraction of sp³-hybridized carbons (Fsp3) is 0.750. The summed E-state index contributed by atoms with van der Waals surface area (Å²) in [5.74, 6) is 0.788. The van der Waals surface area contributed by atoms with Gasteiger partial charge in [-0.25, -0.2) is 0 Å². The minimum Gasteiger partial charge on any atom is -0.380 e. The molecule has 0 aromatic heterocycles. The largest absolute Gasteiger partial charge is 0.380 e. The Morgan fingerprint density at radius 2 is 1.64 bits per heavy atom. The third-order valence-corrected chi connectivity index (χ3v) is 5.66. The summed E-state index contributed by atoms with van der Waals surface area (Å²) < 4.78 is 0. The maximum Gasteiger partial charge on any atom is 0.0379 e. The van der Waals surface area contributed by atoms with Gasteiger partial charge in [0.25, 0.3) is 0 Å². The van der Waals surface area contributed by atoms with E-state index in [0.717, 1.165) is 5.92 Å². The van der Waals surface area contributed by atoms with Crippen LogP contribution in [-0.4, -0.2) is 5.54 Å². The monoisotopic (exact) mass is 343 g/mol. The van der Waals surface area contributed by atoms with E-state index in [-0.39, 0.29) is 5.54 Å². The lowest BCUT2D eigenvalue weighted by atomic mass is 9.74. The number of nitrogens with one attached hydrogen (secondary N) is 1. The molecule has 1 aliphatic rings. The third-order valence-electron chi connectivity index (χ3n) is 5.66. The molecule has 1 aromatic carbocycles. The summed E-state index contributed by atoms with van der Waals surface area (Å²) in [7, 11) is 0. The first-order valence-electron chi connectivity index (χ1n) is 10.7. The van der Waals surface area contributed by atoms with Gasteiger partial charge in [-0.2, -0.15) is 0 Å². The van der Waals surface area contributed by atoms with Crippen molar-refractivity contribution < 1.29 is 0 Å². The molecule has 0 saturated heterocycles. The number of benzene rings is 1. The van der Waals surface area contributed by atoms with Crippen LogP contribution >= 0.6 is 0 Å². The average molecular weight is 344 g/mol. The molecule has 0 heterocycles. The van der Waals surface area contributed by atoms with Crippen LogP contribution in [0.5, 0.6) is 0 Å². The van der Waals surface area contributed by atoms with Gasteiger partial charge in [0.1, 0.15) is 0 Å². The fourth-order valence-electron chi connectivity index (χ4n) is 4.10. The Morgan fingerprint density at radius 1 is 0.920 bits per heavy atom. The van der Waals surface area contributed by atoms with Gasteiger partial charge in [-0.1, -0.05) is 65.0 Å². The topological polar surface area (TPSA) is 12.0 Å². The second-order valence-electron chi connectivity index (χ2n) is 9.57. The third kappa shape index (κ3) is 6.04. The fourth-order valence-corrected chi connectivity index (χ4v) is 4.10. The van der Waals surface area contributed by atoms with E-state index in [1.54, 1.807) is 11.1 Å². The number of hydrogen-bond donors (Lipinski definition) is 1. The summed E-state index contributed by atoms with van der Waals surface area (Å²) in [4.78, 5) is 0. The zero-order chi connectivity index (χ0) is 18.5. The van der Waals surface area contributed by atoms with Crippen molar-refractivity contribution in [1.82, 2.24) is 0 Å². The maximum absolute atomic E-state index is 3.74. The Labute approximate surface area is 157 Å². The lowest BCUT2D eigenvalue weighted by Crippen LogP contribution is -2.27. The molecule has 0 amide bonds. The van der Waals surface area contributed by atoms with Crippen LogP contribution in [0.2, 0.25) is 0 Å². The molecule has 0 radical (unpaired) electrons. The summed E-state index contributed by atoms with van der Waals surface area (Å²) in [6, 6.07) is 7.34. The van der Waals surface area contributed by atoms with Gasteiger partial charge in [0.05, 0.1) is 0 Å². The van der Waals surface area contributed by atoms with Gasteiger partial charge in [0.15, 0.2) is 0 Å². The zero-order valence-electron chi connectivity index (χ0n) is 17.7. The second kappa shape index (κ2) is 8.60. The van der Waals surface area contributed by atoms with Crippen LogP contribution in [-0.2, 0) is 5.41 Å². The minimum absolute atomic E-state index is 0.123. The van der Waals surface area contributed by atoms with E-state index >= 15 is 0 Å². The van der Waals surface area contributed by atoms with Crippen molar-refractivity contribution in [1.29, 1.82) is 0 Å². The molecule has 1 heteroatoms. The molecule has 25 heavy (non-hydrogen) atoms. The van der Waals surface area contributed by atoms with Crippen molar-refractivity contribution in [2.75, 3.05) is 5.32 Å². The Kier molecular flexibility index (Phi) is 7.00. The number of hydrogen-bond acceptors (Lipinski definition) is 1. The lowest BCUT2D eigenvalue weighted by Gasteiger charge is -2.32. The smallest absolute Gasteiger partial charge is 0.0379 e. The van der Waals surface area contributed by atoms with Crippen LogP contribution in [0.4, 0.5) is 5.69 Å². The van der Waals surface area contributed by atoms with E-state index in [1.165, 1.54) is 63.5 Å². The molecule has 1 atom stereocenters. The normalized spacial score (nSPS) is 17.4. The van der Waals surface area contributed by atoms with Crippen molar-refractivity contribution in [3.8, 4) is 0 Å². The van der Waals surface area contributed by atoms with Crippen molar-refractivity contribution >= 4 is 5.69 Å². The quantitative estimate of drug-likeness (QED) is 0.427. The van der Waals surface area contributed by atoms with Crippen molar-refractivity contribution in [2.45, 2.75) is 116 Å². The molecule has 0 aliphatic heterocycles. The van der Waals surface area contributed by atoms with E-state index in [1.807, 2.05) is 0 Å². The van der Waals surface area contributed by atoms with Crippen LogP contribution in [0.1, 0.15) is 116 Å². The first-order chi connectivity index (χ1) is 11.8. The highest BCUT2D eigenvalue weighted by Gasteiger charge is 2.31. The summed E-state index contributed by atoms with van der Waals surface area (Å²) in [5, 5.41) is 3.74.